The minimum absolute atomic E-state index is 0.248. The van der Waals surface area contributed by atoms with Crippen LogP contribution in [-0.2, 0) is 9.16 Å². The third-order valence-corrected chi connectivity index (χ3v) is 12.7. The van der Waals surface area contributed by atoms with Crippen molar-refractivity contribution in [2.45, 2.75) is 49.7 Å². The monoisotopic (exact) mass is 584 g/mol. The van der Waals surface area contributed by atoms with Crippen molar-refractivity contribution in [3.05, 3.63) is 84.8 Å². The molecule has 2 aromatic carbocycles. The predicted molar refractivity (Wildman–Crippen MR) is 163 cm³/mol. The predicted octanol–water partition coefficient (Wildman–Crippen LogP) is 2.58. The first kappa shape index (κ1) is 29.6. The van der Waals surface area contributed by atoms with E-state index in [1.165, 1.54) is 6.33 Å². The number of hydrogen-bond donors (Lipinski definition) is 2. The molecule has 0 radical (unpaired) electrons. The second-order valence-corrected chi connectivity index (χ2v) is 16.1. The molecular weight excluding hydrogens is 548 g/mol. The maximum absolute atomic E-state index is 11.4. The highest BCUT2D eigenvalue weighted by Gasteiger charge is 2.59. The smallest absolute Gasteiger partial charge is 0.261 e. The number of aliphatic imine (C=N–C) groups is 1. The Morgan fingerprint density at radius 1 is 1.07 bits per heavy atom. The quantitative estimate of drug-likeness (QED) is 0.184. The summed E-state index contributed by atoms with van der Waals surface area (Å²) in [5.41, 5.74) is -0.781. The zero-order chi connectivity index (χ0) is 30.1. The third-order valence-electron chi connectivity index (χ3n) is 7.72. The molecule has 4 atom stereocenters. The topological polar surface area (TPSA) is 128 Å². The molecule has 218 valence electrons. The molecule has 1 saturated heterocycles. The average Bonchev–Trinajstić information content (AvgIpc) is 3.52. The van der Waals surface area contributed by atoms with Crippen LogP contribution in [0.1, 0.15) is 32.6 Å². The Morgan fingerprint density at radius 2 is 1.69 bits per heavy atom. The summed E-state index contributed by atoms with van der Waals surface area (Å²) >= 11 is 0. The first-order chi connectivity index (χ1) is 20.0. The van der Waals surface area contributed by atoms with Gasteiger partial charge in [0.1, 0.15) is 36.2 Å². The molecule has 0 unspecified atom stereocenters. The Labute approximate surface area is 246 Å². The zero-order valence-corrected chi connectivity index (χ0v) is 25.4. The molecule has 0 bridgehead atoms. The number of aliphatic hydroxyl groups is 2. The number of fused-ring (bicyclic) bond motifs is 1. The van der Waals surface area contributed by atoms with Crippen molar-refractivity contribution in [1.82, 2.24) is 19.5 Å². The van der Waals surface area contributed by atoms with Crippen molar-refractivity contribution < 1.29 is 19.4 Å². The van der Waals surface area contributed by atoms with E-state index in [0.29, 0.717) is 17.0 Å². The molecule has 0 spiro atoms. The second kappa shape index (κ2) is 11.4. The van der Waals surface area contributed by atoms with Crippen molar-refractivity contribution >= 4 is 36.4 Å². The van der Waals surface area contributed by atoms with Gasteiger partial charge in [-0.25, -0.2) is 14.5 Å². The molecule has 3 heterocycles. The minimum Gasteiger partial charge on any atom is -0.403 e. The standard InChI is InChI=1S/C31H36N6O4Si/c1-30(2,3)42(22-12-8-6-9-13-22,23-14-10-7-11-15-23)40-19-31(18-32)28(39)26(38)27(41-31)24-16-17-25-29(34-21-36(4)5)33-20-35-37(24)25/h6-17,20-21,26-28,38-39H,19H2,1-5H3/b34-21+/t26-,27-,28-,31+/m0/s1. The molecule has 11 heteroatoms. The maximum Gasteiger partial charge on any atom is 0.261 e. The molecule has 2 N–H and O–H groups in total. The van der Waals surface area contributed by atoms with Crippen molar-refractivity contribution in [1.29, 1.82) is 5.26 Å². The van der Waals surface area contributed by atoms with Crippen LogP contribution in [0.25, 0.3) is 5.52 Å². The summed E-state index contributed by atoms with van der Waals surface area (Å²) in [5.74, 6) is 0.430. The van der Waals surface area contributed by atoms with Gasteiger partial charge >= 0.3 is 0 Å². The number of nitriles is 1. The van der Waals surface area contributed by atoms with E-state index >= 15 is 0 Å². The van der Waals surface area contributed by atoms with E-state index in [9.17, 15) is 15.5 Å². The fourth-order valence-corrected chi connectivity index (χ4v) is 10.3. The Bertz CT molecular complexity index is 1560. The van der Waals surface area contributed by atoms with Crippen LogP contribution < -0.4 is 10.4 Å². The number of aliphatic hydroxyl groups excluding tert-OH is 2. The summed E-state index contributed by atoms with van der Waals surface area (Å²) in [6, 6.07) is 25.7. The van der Waals surface area contributed by atoms with Gasteiger partial charge in [0.05, 0.1) is 18.6 Å². The third kappa shape index (κ3) is 5.02. The van der Waals surface area contributed by atoms with E-state index in [0.717, 1.165) is 10.4 Å². The normalized spacial score (nSPS) is 23.0. The fraction of sp³-hybridized carbons (Fsp3) is 0.355. The van der Waals surface area contributed by atoms with Gasteiger partial charge in [0.25, 0.3) is 8.32 Å². The maximum atomic E-state index is 11.4. The summed E-state index contributed by atoms with van der Waals surface area (Å²) in [6.45, 7) is 6.14. The first-order valence-corrected chi connectivity index (χ1v) is 15.7. The minimum atomic E-state index is -3.06. The molecule has 4 aromatic rings. The highest BCUT2D eigenvalue weighted by molar-refractivity contribution is 6.99. The molecule has 42 heavy (non-hydrogen) atoms. The van der Waals surface area contributed by atoms with Crippen LogP contribution in [0.15, 0.2) is 84.1 Å². The Balaban J connectivity index is 1.53. The average molecular weight is 585 g/mol. The molecule has 10 nitrogen and oxygen atoms in total. The van der Waals surface area contributed by atoms with Crippen LogP contribution in [0, 0.1) is 11.3 Å². The number of rotatable bonds is 8. The summed E-state index contributed by atoms with van der Waals surface area (Å²) in [4.78, 5) is 10.4. The van der Waals surface area contributed by atoms with Gasteiger partial charge in [0, 0.05) is 14.1 Å². The first-order valence-electron chi connectivity index (χ1n) is 13.8. The molecule has 0 aliphatic carbocycles. The molecule has 0 amide bonds. The lowest BCUT2D eigenvalue weighted by Crippen LogP contribution is -2.68. The largest absolute Gasteiger partial charge is 0.403 e. The van der Waals surface area contributed by atoms with Crippen molar-refractivity contribution in [3.63, 3.8) is 0 Å². The van der Waals surface area contributed by atoms with Crippen LogP contribution in [0.5, 0.6) is 0 Å². The molecule has 0 saturated carbocycles. The zero-order valence-electron chi connectivity index (χ0n) is 24.4. The van der Waals surface area contributed by atoms with Crippen LogP contribution in [0.2, 0.25) is 5.04 Å². The lowest BCUT2D eigenvalue weighted by molar-refractivity contribution is -0.0708. The lowest BCUT2D eigenvalue weighted by Gasteiger charge is -2.44. The van der Waals surface area contributed by atoms with Gasteiger partial charge < -0.3 is 24.3 Å². The van der Waals surface area contributed by atoms with E-state index in [4.69, 9.17) is 9.16 Å². The van der Waals surface area contributed by atoms with Gasteiger partial charge in [0.15, 0.2) is 5.82 Å². The van der Waals surface area contributed by atoms with Crippen LogP contribution >= 0.6 is 0 Å². The van der Waals surface area contributed by atoms with Gasteiger partial charge in [0.2, 0.25) is 5.60 Å². The van der Waals surface area contributed by atoms with Gasteiger partial charge in [-0.3, -0.25) is 0 Å². The number of hydrogen-bond acceptors (Lipinski definition) is 8. The van der Waals surface area contributed by atoms with Gasteiger partial charge in [-0.1, -0.05) is 81.4 Å². The van der Waals surface area contributed by atoms with Crippen LogP contribution in [-0.4, -0.2) is 82.9 Å². The molecule has 1 fully saturated rings. The Hall–Kier alpha value is -3.92. The molecule has 1 aliphatic heterocycles. The highest BCUT2D eigenvalue weighted by atomic mass is 28.4. The van der Waals surface area contributed by atoms with E-state index < -0.39 is 32.2 Å². The lowest BCUT2D eigenvalue weighted by atomic mass is 9.96. The fourth-order valence-electron chi connectivity index (χ4n) is 5.69. The Morgan fingerprint density at radius 3 is 2.24 bits per heavy atom. The molecule has 2 aromatic heterocycles. The molecular formula is C31H36N6O4Si. The van der Waals surface area contributed by atoms with Gasteiger partial charge in [-0.2, -0.15) is 10.4 Å². The van der Waals surface area contributed by atoms with Crippen LogP contribution in [0.3, 0.4) is 0 Å². The number of aromatic nitrogens is 3. The van der Waals surface area contributed by atoms with Gasteiger partial charge in [-0.15, -0.1) is 0 Å². The summed E-state index contributed by atoms with van der Waals surface area (Å²) in [7, 11) is 0.647. The van der Waals surface area contributed by atoms with E-state index in [2.05, 4.69) is 66.2 Å². The SMILES string of the molecule is CN(C)/C=N/c1ncnn2c([C@@H]3O[C@](C#N)(CO[Si](c4ccccc4)(c4ccccc4)C(C)(C)C)[C@@H](O)[C@H]3O)ccc12. The van der Waals surface area contributed by atoms with Crippen molar-refractivity contribution in [2.75, 3.05) is 20.7 Å². The van der Waals surface area contributed by atoms with E-state index in [1.54, 1.807) is 27.9 Å². The number of ether oxygens (including phenoxy) is 1. The number of benzene rings is 2. The van der Waals surface area contributed by atoms with Crippen molar-refractivity contribution in [2.24, 2.45) is 4.99 Å². The van der Waals surface area contributed by atoms with Crippen molar-refractivity contribution in [3.8, 4) is 6.07 Å². The van der Waals surface area contributed by atoms with Gasteiger partial charge in [-0.05, 0) is 27.5 Å². The van der Waals surface area contributed by atoms with E-state index in [1.807, 2.05) is 50.5 Å². The second-order valence-electron chi connectivity index (χ2n) is 11.8. The van der Waals surface area contributed by atoms with Crippen LogP contribution in [0.4, 0.5) is 5.82 Å². The summed E-state index contributed by atoms with van der Waals surface area (Å²) in [6.07, 6.45) is -1.01. The molecule has 5 rings (SSSR count). The van der Waals surface area contributed by atoms with E-state index in [-0.39, 0.29) is 11.6 Å². The Kier molecular flexibility index (Phi) is 8.02. The highest BCUT2D eigenvalue weighted by Crippen LogP contribution is 2.43. The number of nitrogens with zero attached hydrogens (tertiary/aromatic N) is 6. The summed E-state index contributed by atoms with van der Waals surface area (Å²) < 4.78 is 14.8. The molecule has 1 aliphatic rings. The summed E-state index contributed by atoms with van der Waals surface area (Å²) in [5, 5.41) is 39.1.